The van der Waals surface area contributed by atoms with Gasteiger partial charge in [-0.05, 0) is 50.3 Å². The Bertz CT molecular complexity index is 633. The smallest absolute Gasteiger partial charge is 0.311 e. The van der Waals surface area contributed by atoms with Crippen LogP contribution in [0, 0.1) is 11.8 Å². The molecule has 2 aliphatic rings. The Morgan fingerprint density at radius 2 is 1.59 bits per heavy atom. The molecule has 1 aromatic rings. The Labute approximate surface area is 154 Å². The maximum atomic E-state index is 13.0. The molecule has 1 aromatic carbocycles. The second-order valence-corrected chi connectivity index (χ2v) is 7.89. The predicted octanol–water partition coefficient (Wildman–Crippen LogP) is 5.02. The van der Waals surface area contributed by atoms with Crippen molar-refractivity contribution in [1.82, 2.24) is 10.2 Å². The summed E-state index contributed by atoms with van der Waals surface area (Å²) in [5.41, 5.74) is -0.0805. The molecule has 1 aliphatic carbocycles. The Morgan fingerprint density at radius 3 is 2.11 bits per heavy atom. The van der Waals surface area contributed by atoms with Crippen LogP contribution in [-0.2, 0) is 6.18 Å². The second-order valence-electron chi connectivity index (χ2n) is 7.89. The third kappa shape index (κ3) is 4.42. The molecule has 1 N–H and O–H groups in total. The topological polar surface area (TPSA) is 15.3 Å². The summed E-state index contributed by atoms with van der Waals surface area (Å²) in [4.78, 5) is 2.15. The van der Waals surface area contributed by atoms with E-state index in [0.29, 0.717) is 18.7 Å². The highest BCUT2D eigenvalue weighted by atomic mass is 19.4. The van der Waals surface area contributed by atoms with Crippen LogP contribution in [0.5, 0.6) is 0 Å². The Balaban J connectivity index is 1.86. The van der Waals surface area contributed by atoms with Crippen molar-refractivity contribution in [1.29, 1.82) is 0 Å². The summed E-state index contributed by atoms with van der Waals surface area (Å²) in [7, 11) is 0. The number of hydrogen-bond donors (Lipinski definition) is 1. The lowest BCUT2D eigenvalue weighted by Crippen LogP contribution is -2.57. The molecule has 1 heterocycles. The first kappa shape index (κ1) is 20.5. The zero-order chi connectivity index (χ0) is 20.0. The van der Waals surface area contributed by atoms with Gasteiger partial charge in [0.05, 0.1) is 11.5 Å². The van der Waals surface area contributed by atoms with E-state index in [2.05, 4.69) is 10.2 Å². The minimum Gasteiger partial charge on any atom is -0.311 e. The van der Waals surface area contributed by atoms with Gasteiger partial charge in [-0.15, -0.1) is 0 Å². The number of piperazine rings is 1. The maximum Gasteiger partial charge on any atom is 0.416 e. The summed E-state index contributed by atoms with van der Waals surface area (Å²) in [5, 5.41) is 3.33. The van der Waals surface area contributed by atoms with E-state index in [1.165, 1.54) is 12.1 Å². The van der Waals surface area contributed by atoms with Crippen LogP contribution in [0.1, 0.15) is 43.9 Å². The molecular formula is C19H24F6N2. The molecule has 27 heavy (non-hydrogen) atoms. The van der Waals surface area contributed by atoms with E-state index in [4.69, 9.17) is 0 Å². The minimum absolute atomic E-state index is 0.0280. The molecular weight excluding hydrogens is 370 g/mol. The molecule has 0 bridgehead atoms. The molecule has 3 atom stereocenters. The molecule has 3 rings (SSSR count). The normalized spacial score (nSPS) is 31.4. The van der Waals surface area contributed by atoms with Crippen LogP contribution in [0.4, 0.5) is 26.3 Å². The number of nitrogens with zero attached hydrogens (tertiary/aromatic N) is 1. The van der Waals surface area contributed by atoms with Crippen molar-refractivity contribution in [3.05, 3.63) is 35.4 Å². The standard InChI is InChI=1S/C19H24F6N2/c1-11-10-27(12(2)9-26-11)17(14-7-16(8-14)19(23,24)25)13-3-5-15(6-4-13)18(20,21)22/h3-6,11-12,14,16-17,26H,7-10H2,1-2H3/t11-,12+,14?,16?,17?/m0/s1. The second kappa shape index (κ2) is 7.28. The van der Waals surface area contributed by atoms with Crippen molar-refractivity contribution in [2.75, 3.05) is 13.1 Å². The summed E-state index contributed by atoms with van der Waals surface area (Å²) >= 11 is 0. The molecule has 0 spiro atoms. The quantitative estimate of drug-likeness (QED) is 0.725. The molecule has 1 saturated heterocycles. The first-order valence-electron chi connectivity index (χ1n) is 9.19. The molecule has 1 saturated carbocycles. The Morgan fingerprint density at radius 1 is 1.00 bits per heavy atom. The van der Waals surface area contributed by atoms with Gasteiger partial charge < -0.3 is 5.32 Å². The minimum atomic E-state index is -4.43. The molecule has 8 heteroatoms. The number of halogens is 6. The molecule has 152 valence electrons. The van der Waals surface area contributed by atoms with Crippen molar-refractivity contribution >= 4 is 0 Å². The van der Waals surface area contributed by atoms with Gasteiger partial charge in [0, 0.05) is 31.2 Å². The van der Waals surface area contributed by atoms with Crippen molar-refractivity contribution in [3.63, 3.8) is 0 Å². The van der Waals surface area contributed by atoms with E-state index in [-0.39, 0.29) is 36.9 Å². The van der Waals surface area contributed by atoms with Crippen molar-refractivity contribution in [2.24, 2.45) is 11.8 Å². The van der Waals surface area contributed by atoms with Crippen molar-refractivity contribution in [2.45, 2.75) is 57.2 Å². The molecule has 0 aromatic heterocycles. The van der Waals surface area contributed by atoms with Crippen molar-refractivity contribution in [3.8, 4) is 0 Å². The van der Waals surface area contributed by atoms with E-state index >= 15 is 0 Å². The van der Waals surface area contributed by atoms with Crippen LogP contribution in [0.15, 0.2) is 24.3 Å². The summed E-state index contributed by atoms with van der Waals surface area (Å²) in [5.74, 6) is -1.52. The lowest BCUT2D eigenvalue weighted by atomic mass is 9.68. The zero-order valence-corrected chi connectivity index (χ0v) is 15.2. The number of rotatable bonds is 3. The van der Waals surface area contributed by atoms with E-state index in [0.717, 1.165) is 12.1 Å². The van der Waals surface area contributed by atoms with Crippen LogP contribution in [0.3, 0.4) is 0 Å². The summed E-state index contributed by atoms with van der Waals surface area (Å²) in [6.45, 7) is 5.35. The van der Waals surface area contributed by atoms with Gasteiger partial charge in [0.2, 0.25) is 0 Å². The summed E-state index contributed by atoms with van der Waals surface area (Å²) in [6, 6.07) is 4.87. The number of hydrogen-bond acceptors (Lipinski definition) is 2. The van der Waals surface area contributed by atoms with Gasteiger partial charge in [-0.25, -0.2) is 0 Å². The fourth-order valence-electron chi connectivity index (χ4n) is 4.23. The molecule has 0 amide bonds. The van der Waals surface area contributed by atoms with Crippen molar-refractivity contribution < 1.29 is 26.3 Å². The predicted molar refractivity (Wildman–Crippen MR) is 90.1 cm³/mol. The Hall–Kier alpha value is -1.28. The number of benzene rings is 1. The largest absolute Gasteiger partial charge is 0.416 e. The van der Waals surface area contributed by atoms with E-state index in [1.807, 2.05) is 13.8 Å². The highest BCUT2D eigenvalue weighted by molar-refractivity contribution is 5.28. The maximum absolute atomic E-state index is 13.0. The summed E-state index contributed by atoms with van der Waals surface area (Å²) < 4.78 is 77.5. The van der Waals surface area contributed by atoms with Crippen LogP contribution in [0.2, 0.25) is 0 Å². The van der Waals surface area contributed by atoms with Crippen LogP contribution >= 0.6 is 0 Å². The van der Waals surface area contributed by atoms with Gasteiger partial charge in [-0.2, -0.15) is 26.3 Å². The fraction of sp³-hybridized carbons (Fsp3) is 0.684. The molecule has 2 fully saturated rings. The average molecular weight is 394 g/mol. The van der Waals surface area contributed by atoms with Crippen LogP contribution in [-0.4, -0.2) is 36.2 Å². The lowest BCUT2D eigenvalue weighted by Gasteiger charge is -2.50. The third-order valence-corrected chi connectivity index (χ3v) is 5.83. The van der Waals surface area contributed by atoms with Gasteiger partial charge in [-0.1, -0.05) is 12.1 Å². The van der Waals surface area contributed by atoms with Gasteiger partial charge in [0.1, 0.15) is 0 Å². The Kier molecular flexibility index (Phi) is 5.51. The zero-order valence-electron chi connectivity index (χ0n) is 15.2. The van der Waals surface area contributed by atoms with E-state index in [1.54, 1.807) is 0 Å². The first-order valence-corrected chi connectivity index (χ1v) is 9.19. The SMILES string of the molecule is C[C@@H]1CN[C@@H](C)CN1C(c1ccc(C(F)(F)F)cc1)C1CC(C(F)(F)F)C1. The van der Waals surface area contributed by atoms with Crippen LogP contribution in [0.25, 0.3) is 0 Å². The number of nitrogens with one attached hydrogen (secondary N) is 1. The van der Waals surface area contributed by atoms with Gasteiger partial charge in [0.25, 0.3) is 0 Å². The highest BCUT2D eigenvalue weighted by Crippen LogP contribution is 2.51. The monoisotopic (exact) mass is 394 g/mol. The van der Waals surface area contributed by atoms with Gasteiger partial charge in [0.15, 0.2) is 0 Å². The number of alkyl halides is 6. The van der Waals surface area contributed by atoms with Gasteiger partial charge >= 0.3 is 12.4 Å². The molecule has 2 nitrogen and oxygen atoms in total. The van der Waals surface area contributed by atoms with E-state index < -0.39 is 23.8 Å². The molecule has 1 unspecified atom stereocenters. The molecule has 1 aliphatic heterocycles. The van der Waals surface area contributed by atoms with Crippen LogP contribution < -0.4 is 5.32 Å². The fourth-order valence-corrected chi connectivity index (χ4v) is 4.23. The average Bonchev–Trinajstić information content (AvgIpc) is 2.51. The lowest BCUT2D eigenvalue weighted by molar-refractivity contribution is -0.211. The third-order valence-electron chi connectivity index (χ3n) is 5.83. The highest BCUT2D eigenvalue weighted by Gasteiger charge is 2.51. The van der Waals surface area contributed by atoms with E-state index in [9.17, 15) is 26.3 Å². The molecule has 0 radical (unpaired) electrons. The summed E-state index contributed by atoms with van der Waals surface area (Å²) in [6.07, 6.45) is -8.58. The first-order chi connectivity index (χ1) is 12.5. The van der Waals surface area contributed by atoms with Gasteiger partial charge in [-0.3, -0.25) is 4.90 Å².